The molecule has 5 nitrogen and oxygen atoms in total. The maximum absolute atomic E-state index is 8.76. The van der Waals surface area contributed by atoms with E-state index in [4.69, 9.17) is 13.1 Å². The van der Waals surface area contributed by atoms with Crippen LogP contribution >= 0.6 is 0 Å². The predicted octanol–water partition coefficient (Wildman–Crippen LogP) is 13.7. The highest BCUT2D eigenvalue weighted by Crippen LogP contribution is 2.46. The summed E-state index contributed by atoms with van der Waals surface area (Å²) in [6.07, 6.45) is 0. The van der Waals surface area contributed by atoms with Crippen molar-refractivity contribution in [2.75, 3.05) is 0 Å². The highest BCUT2D eigenvalue weighted by atomic mass is 15.0. The summed E-state index contributed by atoms with van der Waals surface area (Å²) in [6.45, 7) is 16.8. The first-order valence-corrected chi connectivity index (χ1v) is 18.3. The predicted molar refractivity (Wildman–Crippen MR) is 227 cm³/mol. The fraction of sp³-hybridized carbons (Fsp3) is 0. The normalized spacial score (nSPS) is 11.6. The standard InChI is InChI=1S/C50H29N5/c1-51-39-23-13-22-37-35-19-6-11-27-43(35)55(50(37)39)42-26-10-5-18-34(42)36-21-14-31-47(49(36)52-2)54-44-28-12-7-20-38(44)48-45(29-15-30-46(48)54)53-40-24-8-3-16-32(40)33-17-4-9-25-41(33)53/h3-31H. The minimum Gasteiger partial charge on any atom is -0.319 e. The lowest BCUT2D eigenvalue weighted by Crippen LogP contribution is -1.99. The van der Waals surface area contributed by atoms with Gasteiger partial charge in [-0.15, -0.1) is 0 Å². The number of para-hydroxylation sites is 7. The van der Waals surface area contributed by atoms with E-state index >= 15 is 0 Å². The lowest BCUT2D eigenvalue weighted by atomic mass is 10.00. The molecule has 3 heterocycles. The summed E-state index contributed by atoms with van der Waals surface area (Å²) in [5, 5.41) is 6.79. The molecule has 0 radical (unpaired) electrons. The highest BCUT2D eigenvalue weighted by Gasteiger charge is 2.24. The first-order chi connectivity index (χ1) is 27.3. The quantitative estimate of drug-likeness (QED) is 0.163. The average Bonchev–Trinajstić information content (AvgIpc) is 3.89. The van der Waals surface area contributed by atoms with Gasteiger partial charge in [0.1, 0.15) is 0 Å². The maximum Gasteiger partial charge on any atom is 0.218 e. The molecule has 0 aliphatic carbocycles. The second-order valence-corrected chi connectivity index (χ2v) is 13.8. The third-order valence-corrected chi connectivity index (χ3v) is 11.1. The van der Waals surface area contributed by atoms with Crippen molar-refractivity contribution in [1.82, 2.24) is 13.7 Å². The zero-order valence-electron chi connectivity index (χ0n) is 29.5. The molecule has 3 aromatic heterocycles. The number of aromatic nitrogens is 3. The summed E-state index contributed by atoms with van der Waals surface area (Å²) in [5.41, 5.74) is 12.0. The lowest BCUT2D eigenvalue weighted by molar-refractivity contribution is 1.17. The van der Waals surface area contributed by atoms with E-state index in [1.165, 1.54) is 10.8 Å². The van der Waals surface area contributed by atoms with E-state index in [2.05, 4.69) is 163 Å². The molecule has 11 aromatic rings. The monoisotopic (exact) mass is 699 g/mol. The van der Waals surface area contributed by atoms with E-state index in [-0.39, 0.29) is 0 Å². The number of benzene rings is 8. The van der Waals surface area contributed by atoms with Crippen molar-refractivity contribution in [1.29, 1.82) is 0 Å². The number of fused-ring (bicyclic) bond motifs is 9. The van der Waals surface area contributed by atoms with Gasteiger partial charge in [0.25, 0.3) is 0 Å². The van der Waals surface area contributed by atoms with Gasteiger partial charge in [0.05, 0.1) is 63.3 Å². The van der Waals surface area contributed by atoms with E-state index < -0.39 is 0 Å². The molecule has 0 atom stereocenters. The van der Waals surface area contributed by atoms with Crippen LogP contribution in [0.15, 0.2) is 176 Å². The minimum absolute atomic E-state index is 0.561. The molecule has 0 amide bonds. The van der Waals surface area contributed by atoms with Crippen LogP contribution in [-0.2, 0) is 0 Å². The first kappa shape index (κ1) is 30.7. The van der Waals surface area contributed by atoms with Crippen LogP contribution in [0.2, 0.25) is 0 Å². The minimum atomic E-state index is 0.561. The zero-order valence-corrected chi connectivity index (χ0v) is 29.5. The summed E-state index contributed by atoms with van der Waals surface area (Å²) in [4.78, 5) is 8.27. The largest absolute Gasteiger partial charge is 0.319 e. The molecule has 0 aliphatic rings. The van der Waals surface area contributed by atoms with Gasteiger partial charge in [-0.1, -0.05) is 127 Å². The SMILES string of the molecule is [C-]#[N+]c1c(-c2ccccc2-n2c3ccccc3c3cccc([N+]#[C-])c32)cccc1-n1c2ccccc2c2c(-n3c4ccccc4c4ccccc43)cccc21. The Morgan fingerprint density at radius 2 is 0.782 bits per heavy atom. The van der Waals surface area contributed by atoms with Crippen molar-refractivity contribution < 1.29 is 0 Å². The van der Waals surface area contributed by atoms with Crippen molar-refractivity contribution in [3.8, 4) is 28.2 Å². The molecule has 0 saturated carbocycles. The van der Waals surface area contributed by atoms with Gasteiger partial charge in [-0.3, -0.25) is 0 Å². The molecule has 0 unspecified atom stereocenters. The van der Waals surface area contributed by atoms with Gasteiger partial charge in [-0.25, -0.2) is 9.69 Å². The summed E-state index contributed by atoms with van der Waals surface area (Å²) < 4.78 is 6.85. The van der Waals surface area contributed by atoms with Gasteiger partial charge >= 0.3 is 0 Å². The van der Waals surface area contributed by atoms with Crippen LogP contribution in [0, 0.1) is 13.1 Å². The van der Waals surface area contributed by atoms with Crippen LogP contribution in [0.25, 0.3) is 103 Å². The van der Waals surface area contributed by atoms with E-state index in [1.54, 1.807) is 0 Å². The van der Waals surface area contributed by atoms with E-state index in [0.29, 0.717) is 11.4 Å². The Bertz CT molecular complexity index is 3420. The van der Waals surface area contributed by atoms with Crippen molar-refractivity contribution in [3.05, 3.63) is 199 Å². The molecule has 0 spiro atoms. The number of nitrogens with zero attached hydrogens (tertiary/aromatic N) is 5. The van der Waals surface area contributed by atoms with Gasteiger partial charge in [0, 0.05) is 26.9 Å². The topological polar surface area (TPSA) is 23.5 Å². The third-order valence-electron chi connectivity index (χ3n) is 11.1. The molecule has 55 heavy (non-hydrogen) atoms. The van der Waals surface area contributed by atoms with Crippen LogP contribution in [0.1, 0.15) is 0 Å². The lowest BCUT2D eigenvalue weighted by Gasteiger charge is -2.18. The fourth-order valence-electron chi connectivity index (χ4n) is 8.91. The molecule has 5 heteroatoms. The van der Waals surface area contributed by atoms with Gasteiger partial charge in [0.15, 0.2) is 0 Å². The van der Waals surface area contributed by atoms with E-state index in [0.717, 1.165) is 82.8 Å². The molecule has 11 rings (SSSR count). The number of rotatable bonds is 4. The Morgan fingerprint density at radius 1 is 0.327 bits per heavy atom. The van der Waals surface area contributed by atoms with Crippen molar-refractivity contribution in [2.24, 2.45) is 0 Å². The van der Waals surface area contributed by atoms with Crippen LogP contribution in [0.3, 0.4) is 0 Å². The van der Waals surface area contributed by atoms with Crippen LogP contribution in [-0.4, -0.2) is 13.7 Å². The van der Waals surface area contributed by atoms with E-state index in [9.17, 15) is 0 Å². The molecule has 0 saturated heterocycles. The third kappa shape index (κ3) is 4.27. The molecule has 0 aliphatic heterocycles. The Hall–Kier alpha value is -7.86. The number of hydrogen-bond acceptors (Lipinski definition) is 0. The summed E-state index contributed by atoms with van der Waals surface area (Å²) in [7, 11) is 0. The van der Waals surface area contributed by atoms with Gasteiger partial charge < -0.3 is 13.7 Å². The van der Waals surface area contributed by atoms with Crippen LogP contribution < -0.4 is 0 Å². The Morgan fingerprint density at radius 3 is 1.47 bits per heavy atom. The zero-order chi connectivity index (χ0) is 36.6. The van der Waals surface area contributed by atoms with Gasteiger partial charge in [0.2, 0.25) is 11.4 Å². The molecule has 254 valence electrons. The van der Waals surface area contributed by atoms with E-state index in [1.807, 2.05) is 36.4 Å². The first-order valence-electron chi connectivity index (χ1n) is 18.3. The summed E-state index contributed by atoms with van der Waals surface area (Å²) in [5.74, 6) is 0. The average molecular weight is 700 g/mol. The molecular formula is C50H29N5. The smallest absolute Gasteiger partial charge is 0.218 e. The molecule has 0 bridgehead atoms. The molecular weight excluding hydrogens is 671 g/mol. The number of hydrogen-bond donors (Lipinski definition) is 0. The second kappa shape index (κ2) is 11.8. The fourth-order valence-corrected chi connectivity index (χ4v) is 8.91. The Kier molecular flexibility index (Phi) is 6.61. The second-order valence-electron chi connectivity index (χ2n) is 13.8. The Labute approximate surface area is 316 Å². The molecule has 0 fully saturated rings. The van der Waals surface area contributed by atoms with Crippen LogP contribution in [0.4, 0.5) is 11.4 Å². The van der Waals surface area contributed by atoms with Gasteiger partial charge in [-0.2, -0.15) is 0 Å². The maximum atomic E-state index is 8.76. The molecule has 0 N–H and O–H groups in total. The van der Waals surface area contributed by atoms with Gasteiger partial charge in [-0.05, 0) is 65.0 Å². The van der Waals surface area contributed by atoms with Crippen molar-refractivity contribution >= 4 is 76.8 Å². The summed E-state index contributed by atoms with van der Waals surface area (Å²) >= 11 is 0. The molecule has 8 aromatic carbocycles. The Balaban J connectivity index is 1.20. The van der Waals surface area contributed by atoms with Crippen molar-refractivity contribution in [3.63, 3.8) is 0 Å². The summed E-state index contributed by atoms with van der Waals surface area (Å²) in [6, 6.07) is 60.9. The highest BCUT2D eigenvalue weighted by molar-refractivity contribution is 6.17. The van der Waals surface area contributed by atoms with Crippen LogP contribution in [0.5, 0.6) is 0 Å². The van der Waals surface area contributed by atoms with Crippen molar-refractivity contribution in [2.45, 2.75) is 0 Å².